The maximum Gasteiger partial charge on any atom is 0.416 e. The second-order valence-electron chi connectivity index (χ2n) is 9.12. The summed E-state index contributed by atoms with van der Waals surface area (Å²) in [4.78, 5) is 39.2. The molecule has 4 rings (SSSR count). The molecule has 0 saturated heterocycles. The number of hydrogen-bond acceptors (Lipinski definition) is 3. The Balaban J connectivity index is 1.50. The number of anilines is 1. The van der Waals surface area contributed by atoms with Crippen LogP contribution in [0.15, 0.2) is 78.4 Å². The topological polar surface area (TPSA) is 66.5 Å². The van der Waals surface area contributed by atoms with E-state index in [0.29, 0.717) is 41.9 Å². The van der Waals surface area contributed by atoms with Gasteiger partial charge in [-0.15, -0.1) is 0 Å². The predicted molar refractivity (Wildman–Crippen MR) is 135 cm³/mol. The van der Waals surface area contributed by atoms with Crippen LogP contribution >= 0.6 is 0 Å². The number of rotatable bonds is 5. The fraction of sp³-hybridized carbons (Fsp3) is 0.207. The van der Waals surface area contributed by atoms with Gasteiger partial charge in [-0.2, -0.15) is 13.2 Å². The molecule has 0 spiro atoms. The number of allylic oxidation sites excluding steroid dienone is 1. The molecule has 0 radical (unpaired) electrons. The number of carbonyl (C=O) groups is 3. The maximum absolute atomic E-state index is 13.1. The standard InChI is InChI=1S/C29H25F3N2O3/c1-18(2)15-26(35)28(37)34-14-13-20-16-23(12-9-21(20)17-34)33-27(36)25-6-4-3-5-24(25)19-7-10-22(11-8-19)29(30,31)32/h3-12,15-16H,13-14,17H2,1-2H3,(H,33,36). The van der Waals surface area contributed by atoms with Gasteiger partial charge in [-0.1, -0.05) is 42.0 Å². The number of halogens is 3. The summed E-state index contributed by atoms with van der Waals surface area (Å²) in [6.45, 7) is 4.21. The van der Waals surface area contributed by atoms with Crippen molar-refractivity contribution in [3.63, 3.8) is 0 Å². The van der Waals surface area contributed by atoms with Crippen LogP contribution < -0.4 is 5.32 Å². The van der Waals surface area contributed by atoms with Crippen LogP contribution in [0, 0.1) is 0 Å². The average molecular weight is 507 g/mol. The van der Waals surface area contributed by atoms with Crippen LogP contribution in [0.3, 0.4) is 0 Å². The minimum Gasteiger partial charge on any atom is -0.331 e. The molecule has 0 aromatic heterocycles. The summed E-state index contributed by atoms with van der Waals surface area (Å²) in [6.07, 6.45) is -2.57. The van der Waals surface area contributed by atoms with Crippen molar-refractivity contribution < 1.29 is 27.6 Å². The third kappa shape index (κ3) is 5.97. The first kappa shape index (κ1) is 25.9. The molecular formula is C29H25F3N2O3. The smallest absolute Gasteiger partial charge is 0.331 e. The molecule has 0 aliphatic carbocycles. The Morgan fingerprint density at radius 1 is 0.919 bits per heavy atom. The monoisotopic (exact) mass is 506 g/mol. The molecule has 1 aliphatic heterocycles. The molecule has 0 fully saturated rings. The zero-order chi connectivity index (χ0) is 26.7. The van der Waals surface area contributed by atoms with E-state index < -0.39 is 29.3 Å². The van der Waals surface area contributed by atoms with E-state index in [1.54, 1.807) is 44.2 Å². The highest BCUT2D eigenvalue weighted by Crippen LogP contribution is 2.32. The Labute approximate surface area is 212 Å². The molecule has 1 N–H and O–H groups in total. The van der Waals surface area contributed by atoms with E-state index in [0.717, 1.165) is 28.8 Å². The quantitative estimate of drug-likeness (QED) is 0.339. The second kappa shape index (κ2) is 10.4. The van der Waals surface area contributed by atoms with Crippen LogP contribution in [0.1, 0.15) is 40.9 Å². The number of ketones is 1. The first-order valence-corrected chi connectivity index (χ1v) is 11.7. The lowest BCUT2D eigenvalue weighted by atomic mass is 9.97. The maximum atomic E-state index is 13.1. The van der Waals surface area contributed by atoms with Crippen molar-refractivity contribution in [2.24, 2.45) is 0 Å². The Hall–Kier alpha value is -4.20. The van der Waals surface area contributed by atoms with Crippen molar-refractivity contribution in [2.45, 2.75) is 33.0 Å². The number of fused-ring (bicyclic) bond motifs is 1. The molecule has 0 saturated carbocycles. The van der Waals surface area contributed by atoms with E-state index in [4.69, 9.17) is 0 Å². The SMILES string of the molecule is CC(C)=CC(=O)C(=O)N1CCc2cc(NC(=O)c3ccccc3-c3ccc(C(F)(F)F)cc3)ccc2C1. The van der Waals surface area contributed by atoms with Crippen LogP contribution in [-0.2, 0) is 28.7 Å². The molecule has 1 aliphatic rings. The first-order valence-electron chi connectivity index (χ1n) is 11.7. The van der Waals surface area contributed by atoms with Crippen molar-refractivity contribution in [2.75, 3.05) is 11.9 Å². The molecule has 190 valence electrons. The number of benzene rings is 3. The molecule has 0 unspecified atom stereocenters. The Morgan fingerprint density at radius 2 is 1.62 bits per heavy atom. The third-order valence-electron chi connectivity index (χ3n) is 6.09. The highest BCUT2D eigenvalue weighted by molar-refractivity contribution is 6.40. The number of alkyl halides is 3. The first-order chi connectivity index (χ1) is 17.5. The van der Waals surface area contributed by atoms with Crippen molar-refractivity contribution in [1.82, 2.24) is 4.90 Å². The summed E-state index contributed by atoms with van der Waals surface area (Å²) in [5, 5.41) is 2.87. The molecule has 1 heterocycles. The van der Waals surface area contributed by atoms with Gasteiger partial charge in [-0.25, -0.2) is 0 Å². The summed E-state index contributed by atoms with van der Waals surface area (Å²) < 4.78 is 38.8. The van der Waals surface area contributed by atoms with Gasteiger partial charge in [-0.05, 0) is 78.9 Å². The van der Waals surface area contributed by atoms with E-state index >= 15 is 0 Å². The summed E-state index contributed by atoms with van der Waals surface area (Å²) in [5.41, 5.74) is 3.77. The van der Waals surface area contributed by atoms with Crippen molar-refractivity contribution in [1.29, 1.82) is 0 Å². The van der Waals surface area contributed by atoms with Crippen LogP contribution in [-0.4, -0.2) is 29.0 Å². The summed E-state index contributed by atoms with van der Waals surface area (Å²) in [6, 6.07) is 16.8. The predicted octanol–water partition coefficient (Wildman–Crippen LogP) is 6.04. The lowest BCUT2D eigenvalue weighted by Crippen LogP contribution is -2.39. The van der Waals surface area contributed by atoms with Gasteiger partial charge in [0.15, 0.2) is 0 Å². The zero-order valence-corrected chi connectivity index (χ0v) is 20.4. The number of hydrogen-bond donors (Lipinski definition) is 1. The molecule has 3 aromatic carbocycles. The summed E-state index contributed by atoms with van der Waals surface area (Å²) in [5.74, 6) is -1.47. The van der Waals surface area contributed by atoms with Gasteiger partial charge < -0.3 is 10.2 Å². The molecule has 5 nitrogen and oxygen atoms in total. The van der Waals surface area contributed by atoms with E-state index in [1.807, 2.05) is 12.1 Å². The van der Waals surface area contributed by atoms with Gasteiger partial charge in [0.2, 0.25) is 5.78 Å². The fourth-order valence-corrected chi connectivity index (χ4v) is 4.25. The summed E-state index contributed by atoms with van der Waals surface area (Å²) in [7, 11) is 0. The van der Waals surface area contributed by atoms with Crippen LogP contribution in [0.25, 0.3) is 11.1 Å². The Kier molecular flexibility index (Phi) is 7.29. The molecular weight excluding hydrogens is 481 g/mol. The van der Waals surface area contributed by atoms with Gasteiger partial charge in [0, 0.05) is 24.3 Å². The van der Waals surface area contributed by atoms with Gasteiger partial charge >= 0.3 is 6.18 Å². The number of carbonyl (C=O) groups excluding carboxylic acids is 3. The van der Waals surface area contributed by atoms with E-state index in [2.05, 4.69) is 5.32 Å². The lowest BCUT2D eigenvalue weighted by molar-refractivity contribution is -0.142. The Morgan fingerprint density at radius 3 is 2.30 bits per heavy atom. The minimum atomic E-state index is -4.44. The Bertz CT molecular complexity index is 1390. The molecule has 37 heavy (non-hydrogen) atoms. The van der Waals surface area contributed by atoms with Crippen LogP contribution in [0.2, 0.25) is 0 Å². The van der Waals surface area contributed by atoms with E-state index in [1.165, 1.54) is 23.1 Å². The zero-order valence-electron chi connectivity index (χ0n) is 20.4. The van der Waals surface area contributed by atoms with Crippen molar-refractivity contribution >= 4 is 23.3 Å². The van der Waals surface area contributed by atoms with E-state index in [-0.39, 0.29) is 0 Å². The highest BCUT2D eigenvalue weighted by atomic mass is 19.4. The van der Waals surface area contributed by atoms with Gasteiger partial charge in [0.25, 0.3) is 11.8 Å². The molecule has 3 aromatic rings. The van der Waals surface area contributed by atoms with Crippen molar-refractivity contribution in [3.8, 4) is 11.1 Å². The number of nitrogens with zero attached hydrogens (tertiary/aromatic N) is 1. The van der Waals surface area contributed by atoms with Crippen LogP contribution in [0.5, 0.6) is 0 Å². The van der Waals surface area contributed by atoms with Gasteiger partial charge in [0.1, 0.15) is 0 Å². The minimum absolute atomic E-state index is 0.307. The normalized spacial score (nSPS) is 12.9. The fourth-order valence-electron chi connectivity index (χ4n) is 4.25. The van der Waals surface area contributed by atoms with E-state index in [9.17, 15) is 27.6 Å². The highest BCUT2D eigenvalue weighted by Gasteiger charge is 2.30. The molecule has 0 atom stereocenters. The second-order valence-corrected chi connectivity index (χ2v) is 9.12. The van der Waals surface area contributed by atoms with Crippen molar-refractivity contribution in [3.05, 3.63) is 101 Å². The molecule has 2 amide bonds. The van der Waals surface area contributed by atoms with Crippen LogP contribution in [0.4, 0.5) is 18.9 Å². The van der Waals surface area contributed by atoms with Gasteiger partial charge in [-0.3, -0.25) is 14.4 Å². The third-order valence-corrected chi connectivity index (χ3v) is 6.09. The number of nitrogens with one attached hydrogen (secondary N) is 1. The lowest BCUT2D eigenvalue weighted by Gasteiger charge is -2.28. The molecule has 0 bridgehead atoms. The summed E-state index contributed by atoms with van der Waals surface area (Å²) >= 11 is 0. The average Bonchev–Trinajstić information content (AvgIpc) is 2.87. The number of amides is 2. The van der Waals surface area contributed by atoms with Gasteiger partial charge in [0.05, 0.1) is 5.56 Å². The largest absolute Gasteiger partial charge is 0.416 e. The molecule has 8 heteroatoms.